The molecule has 1 atom stereocenters. The number of halogens is 6. The summed E-state index contributed by atoms with van der Waals surface area (Å²) in [5.74, 6) is -0.296. The number of aliphatic hydroxyl groups is 1. The van der Waals surface area contributed by atoms with Crippen molar-refractivity contribution >= 4 is 21.7 Å². The highest BCUT2D eigenvalue weighted by Crippen LogP contribution is 2.49. The van der Waals surface area contributed by atoms with Crippen molar-refractivity contribution in [3.8, 4) is 0 Å². The van der Waals surface area contributed by atoms with Gasteiger partial charge < -0.3 is 10.0 Å². The Labute approximate surface area is 194 Å². The molecule has 1 N–H and O–H groups in total. The lowest BCUT2D eigenvalue weighted by Crippen LogP contribution is -2.55. The lowest BCUT2D eigenvalue weighted by Gasteiger charge is -2.39. The van der Waals surface area contributed by atoms with E-state index >= 15 is 0 Å². The van der Waals surface area contributed by atoms with Crippen LogP contribution in [0.15, 0.2) is 41.6 Å². The summed E-state index contributed by atoms with van der Waals surface area (Å²) in [6, 6.07) is 4.02. The summed E-state index contributed by atoms with van der Waals surface area (Å²) in [6.07, 6.45) is -11.8. The van der Waals surface area contributed by atoms with Gasteiger partial charge in [-0.3, -0.25) is 10.1 Å². The summed E-state index contributed by atoms with van der Waals surface area (Å²) in [4.78, 5) is 18.2. The van der Waals surface area contributed by atoms with E-state index in [0.717, 1.165) is 16.4 Å². The van der Waals surface area contributed by atoms with Crippen molar-refractivity contribution in [3.63, 3.8) is 0 Å². The highest BCUT2D eigenvalue weighted by molar-refractivity contribution is 7.89. The van der Waals surface area contributed by atoms with Gasteiger partial charge in [-0.15, -0.1) is 0 Å². The first kappa shape index (κ1) is 26.6. The number of nitro benzene ring substituents is 1. The zero-order valence-electron chi connectivity index (χ0n) is 17.7. The Balaban J connectivity index is 1.84. The lowest BCUT2D eigenvalue weighted by atomic mass is 9.95. The average Bonchev–Trinajstić information content (AvgIpc) is 2.77. The highest BCUT2D eigenvalue weighted by atomic mass is 32.2. The zero-order chi connectivity index (χ0) is 26.4. The number of sulfonamides is 1. The van der Waals surface area contributed by atoms with Crippen LogP contribution in [0.4, 0.5) is 38.0 Å². The van der Waals surface area contributed by atoms with Crippen LogP contribution in [0.3, 0.4) is 0 Å². The number of para-hydroxylation sites is 1. The van der Waals surface area contributed by atoms with Gasteiger partial charge in [-0.05, 0) is 13.0 Å². The Morgan fingerprint density at radius 1 is 1.06 bits per heavy atom. The Kier molecular flexibility index (Phi) is 6.73. The summed E-state index contributed by atoms with van der Waals surface area (Å²) < 4.78 is 105. The van der Waals surface area contributed by atoms with Crippen LogP contribution in [-0.4, -0.2) is 70.7 Å². The van der Waals surface area contributed by atoms with Crippen molar-refractivity contribution in [1.29, 1.82) is 0 Å². The molecule has 2 aromatic rings. The molecule has 192 valence electrons. The molecular weight excluding hydrogens is 512 g/mol. The first-order valence-electron chi connectivity index (χ1n) is 9.70. The predicted molar refractivity (Wildman–Crippen MR) is 107 cm³/mol. The van der Waals surface area contributed by atoms with Crippen molar-refractivity contribution < 1.29 is 44.8 Å². The van der Waals surface area contributed by atoms with Crippen LogP contribution < -0.4 is 4.90 Å². The van der Waals surface area contributed by atoms with Gasteiger partial charge in [0.15, 0.2) is 4.90 Å². The summed E-state index contributed by atoms with van der Waals surface area (Å²) in [7, 11) is -4.29. The molecule has 1 aromatic carbocycles. The summed E-state index contributed by atoms with van der Waals surface area (Å²) >= 11 is 0. The predicted octanol–water partition coefficient (Wildman–Crippen LogP) is 2.60. The van der Waals surface area contributed by atoms with Gasteiger partial charge in [0.05, 0.1) is 4.92 Å². The minimum Gasteiger partial charge on any atom is -0.369 e. The largest absolute Gasteiger partial charge is 0.430 e. The molecule has 10 nitrogen and oxygen atoms in total. The van der Waals surface area contributed by atoms with Crippen molar-refractivity contribution in [1.82, 2.24) is 14.3 Å². The maximum Gasteiger partial charge on any atom is 0.430 e. The molecule has 1 saturated heterocycles. The summed E-state index contributed by atoms with van der Waals surface area (Å²) in [6.45, 7) is 0.927. The molecule has 0 aliphatic carbocycles. The molecule has 3 rings (SSSR count). The van der Waals surface area contributed by atoms with Gasteiger partial charge >= 0.3 is 12.4 Å². The Hall–Kier alpha value is -3.05. The third-order valence-corrected chi connectivity index (χ3v) is 7.32. The molecule has 0 saturated carbocycles. The number of nitrogens with zero attached hydrogens (tertiary/aromatic N) is 5. The number of hydrogen-bond acceptors (Lipinski definition) is 8. The number of benzene rings is 1. The van der Waals surface area contributed by atoms with Gasteiger partial charge in [-0.25, -0.2) is 18.4 Å². The Morgan fingerprint density at radius 2 is 1.60 bits per heavy atom. The van der Waals surface area contributed by atoms with Crippen molar-refractivity contribution in [3.05, 3.63) is 52.3 Å². The molecule has 1 unspecified atom stereocenters. The molecule has 0 amide bonds. The van der Waals surface area contributed by atoms with E-state index in [4.69, 9.17) is 0 Å². The number of rotatable bonds is 5. The second kappa shape index (κ2) is 8.87. The second-order valence-electron chi connectivity index (χ2n) is 7.61. The standard InChI is InChI=1S/C18H17F6N5O5S/c1-11-10-27(35(33,34)14-5-3-2-4-13(14)29(31)32)6-7-28(11)15-25-8-12(9-26-15)16(30,17(19,20)21)18(22,23)24/h2-5,8-9,11,30H,6-7,10H2,1H3. The molecule has 0 radical (unpaired) electrons. The molecule has 1 aliphatic rings. The van der Waals surface area contributed by atoms with Crippen LogP contribution in [-0.2, 0) is 15.6 Å². The van der Waals surface area contributed by atoms with Crippen LogP contribution in [0.2, 0.25) is 0 Å². The maximum absolute atomic E-state index is 13.0. The minimum atomic E-state index is -6.09. The van der Waals surface area contributed by atoms with Crippen LogP contribution in [0.1, 0.15) is 12.5 Å². The van der Waals surface area contributed by atoms with Gasteiger partial charge in [0, 0.05) is 49.7 Å². The quantitative estimate of drug-likeness (QED) is 0.356. The fourth-order valence-electron chi connectivity index (χ4n) is 3.55. The van der Waals surface area contributed by atoms with Crippen LogP contribution >= 0.6 is 0 Å². The molecule has 35 heavy (non-hydrogen) atoms. The maximum atomic E-state index is 13.0. The fourth-order valence-corrected chi connectivity index (χ4v) is 5.22. The SMILES string of the molecule is CC1CN(S(=O)(=O)c2ccccc2[N+](=O)[O-])CCN1c1ncc(C(O)(C(F)(F)F)C(F)(F)F)cn1. The number of piperazine rings is 1. The van der Waals surface area contributed by atoms with Gasteiger partial charge in [0.2, 0.25) is 16.0 Å². The van der Waals surface area contributed by atoms with E-state index in [2.05, 4.69) is 9.97 Å². The average molecular weight is 529 g/mol. The van der Waals surface area contributed by atoms with E-state index in [0.29, 0.717) is 0 Å². The lowest BCUT2D eigenvalue weighted by molar-refractivity contribution is -0.387. The summed E-state index contributed by atoms with van der Waals surface area (Å²) in [5.41, 5.74) is -7.43. The highest BCUT2D eigenvalue weighted by Gasteiger charge is 2.71. The van der Waals surface area contributed by atoms with E-state index in [1.165, 1.54) is 24.0 Å². The van der Waals surface area contributed by atoms with Crippen molar-refractivity contribution in [2.45, 2.75) is 35.8 Å². The van der Waals surface area contributed by atoms with E-state index in [9.17, 15) is 50.0 Å². The van der Waals surface area contributed by atoms with Crippen LogP contribution in [0.25, 0.3) is 0 Å². The molecule has 2 heterocycles. The first-order chi connectivity index (χ1) is 16.0. The molecule has 1 fully saturated rings. The van der Waals surface area contributed by atoms with Crippen LogP contribution in [0, 0.1) is 10.1 Å². The molecule has 17 heteroatoms. The Morgan fingerprint density at radius 3 is 2.09 bits per heavy atom. The third-order valence-electron chi connectivity index (χ3n) is 5.40. The second-order valence-corrected chi connectivity index (χ2v) is 9.51. The topological polar surface area (TPSA) is 130 Å². The molecule has 0 spiro atoms. The molecule has 1 aromatic heterocycles. The van der Waals surface area contributed by atoms with Crippen molar-refractivity contribution in [2.75, 3.05) is 24.5 Å². The fraction of sp³-hybridized carbons (Fsp3) is 0.444. The smallest absolute Gasteiger partial charge is 0.369 e. The summed E-state index contributed by atoms with van der Waals surface area (Å²) in [5, 5.41) is 20.7. The van der Waals surface area contributed by atoms with E-state index < -0.39 is 55.1 Å². The number of nitro groups is 1. The van der Waals surface area contributed by atoms with Gasteiger partial charge in [0.25, 0.3) is 11.3 Å². The van der Waals surface area contributed by atoms with Crippen molar-refractivity contribution in [2.24, 2.45) is 0 Å². The normalized spacial score (nSPS) is 18.5. The number of hydrogen-bond donors (Lipinski definition) is 1. The number of aromatic nitrogens is 2. The zero-order valence-corrected chi connectivity index (χ0v) is 18.5. The molecule has 1 aliphatic heterocycles. The minimum absolute atomic E-state index is 0.122. The third kappa shape index (κ3) is 4.62. The van der Waals surface area contributed by atoms with Gasteiger partial charge in [-0.2, -0.15) is 30.6 Å². The van der Waals surface area contributed by atoms with E-state index in [1.807, 2.05) is 0 Å². The van der Waals surface area contributed by atoms with Gasteiger partial charge in [-0.1, -0.05) is 12.1 Å². The first-order valence-corrected chi connectivity index (χ1v) is 11.1. The monoisotopic (exact) mass is 529 g/mol. The Bertz CT molecular complexity index is 1190. The molecule has 0 bridgehead atoms. The molecular formula is C18H17F6N5O5S. The number of alkyl halides is 6. The van der Waals surface area contributed by atoms with E-state index in [-0.39, 0.29) is 38.0 Å². The van der Waals surface area contributed by atoms with Gasteiger partial charge in [0.1, 0.15) is 0 Å². The van der Waals surface area contributed by atoms with E-state index in [1.54, 1.807) is 0 Å². The number of anilines is 1. The van der Waals surface area contributed by atoms with Crippen LogP contribution in [0.5, 0.6) is 0 Å².